The highest BCUT2D eigenvalue weighted by Gasteiger charge is 2.22. The third kappa shape index (κ3) is 3.13. The summed E-state index contributed by atoms with van der Waals surface area (Å²) in [6.45, 7) is 5.54. The fourth-order valence-electron chi connectivity index (χ4n) is 1.32. The molecule has 0 spiro atoms. The minimum atomic E-state index is -0.477. The second kappa shape index (κ2) is 5.09. The molecule has 1 unspecified atom stereocenters. The van der Waals surface area contributed by atoms with E-state index in [0.717, 1.165) is 6.42 Å². The molecule has 1 atom stereocenters. The van der Waals surface area contributed by atoms with Crippen molar-refractivity contribution in [1.82, 2.24) is 4.98 Å². The Kier molecular flexibility index (Phi) is 4.01. The first-order valence-electron chi connectivity index (χ1n) is 5.42. The summed E-state index contributed by atoms with van der Waals surface area (Å²) in [6, 6.07) is 1.46. The van der Waals surface area contributed by atoms with E-state index in [1.54, 1.807) is 6.92 Å². The molecule has 0 aromatic carbocycles. The maximum atomic E-state index is 10.6. The van der Waals surface area contributed by atoms with E-state index in [1.807, 2.05) is 13.8 Å². The quantitative estimate of drug-likeness (QED) is 0.605. The van der Waals surface area contributed by atoms with E-state index >= 15 is 0 Å². The molecule has 2 N–H and O–H groups in total. The van der Waals surface area contributed by atoms with Crippen molar-refractivity contribution in [3.63, 3.8) is 0 Å². The van der Waals surface area contributed by atoms with Crippen LogP contribution in [0, 0.1) is 17.0 Å². The zero-order valence-corrected chi connectivity index (χ0v) is 10.2. The van der Waals surface area contributed by atoms with E-state index in [1.165, 1.54) is 12.3 Å². The zero-order valence-electron chi connectivity index (χ0n) is 10.2. The second-order valence-electron chi connectivity index (χ2n) is 4.31. The Morgan fingerprint density at radius 2 is 2.29 bits per heavy atom. The normalized spacial score (nSPS) is 14.1. The Balaban J connectivity index is 2.97. The number of pyridine rings is 1. The molecule has 17 heavy (non-hydrogen) atoms. The molecular weight excluding hydrogens is 222 g/mol. The molecular formula is C11H17N3O3. The molecule has 1 heterocycles. The summed E-state index contributed by atoms with van der Waals surface area (Å²) >= 11 is 0. The first-order chi connectivity index (χ1) is 7.91. The third-order valence-corrected chi connectivity index (χ3v) is 2.82. The van der Waals surface area contributed by atoms with Crippen molar-refractivity contribution in [2.24, 2.45) is 0 Å². The zero-order chi connectivity index (χ0) is 13.1. The van der Waals surface area contributed by atoms with Gasteiger partial charge in [-0.25, -0.2) is 4.98 Å². The van der Waals surface area contributed by atoms with Gasteiger partial charge >= 0.3 is 0 Å². The number of nitrogens with zero attached hydrogens (tertiary/aromatic N) is 2. The van der Waals surface area contributed by atoms with Crippen LogP contribution < -0.4 is 5.32 Å². The number of rotatable bonds is 5. The fourth-order valence-corrected chi connectivity index (χ4v) is 1.32. The van der Waals surface area contributed by atoms with Crippen molar-refractivity contribution in [2.45, 2.75) is 32.7 Å². The molecule has 6 nitrogen and oxygen atoms in total. The summed E-state index contributed by atoms with van der Waals surface area (Å²) < 4.78 is 0. The Morgan fingerprint density at radius 3 is 2.71 bits per heavy atom. The van der Waals surface area contributed by atoms with Gasteiger partial charge < -0.3 is 10.4 Å². The van der Waals surface area contributed by atoms with Crippen LogP contribution in [0.5, 0.6) is 0 Å². The maximum absolute atomic E-state index is 10.6. The molecule has 0 amide bonds. The van der Waals surface area contributed by atoms with Gasteiger partial charge in [0.05, 0.1) is 17.1 Å². The lowest BCUT2D eigenvalue weighted by Crippen LogP contribution is -2.38. The van der Waals surface area contributed by atoms with Gasteiger partial charge in [0.15, 0.2) is 0 Å². The molecule has 0 radical (unpaired) electrons. The largest absolute Gasteiger partial charge is 0.394 e. The van der Waals surface area contributed by atoms with Crippen molar-refractivity contribution in [2.75, 3.05) is 11.9 Å². The predicted octanol–water partition coefficient (Wildman–Crippen LogP) is 1.87. The Labute approximate surface area is 99.8 Å². The molecule has 1 aromatic heterocycles. The average Bonchev–Trinajstić information content (AvgIpc) is 2.31. The molecule has 0 bridgehead atoms. The van der Waals surface area contributed by atoms with E-state index in [4.69, 9.17) is 0 Å². The highest BCUT2D eigenvalue weighted by Crippen LogP contribution is 2.22. The number of hydrogen-bond acceptors (Lipinski definition) is 5. The van der Waals surface area contributed by atoms with Gasteiger partial charge in [-0.1, -0.05) is 6.92 Å². The summed E-state index contributed by atoms with van der Waals surface area (Å²) in [5.41, 5.74) is 0.191. The minimum Gasteiger partial charge on any atom is -0.394 e. The molecule has 0 aliphatic heterocycles. The van der Waals surface area contributed by atoms with Crippen LogP contribution in [0.2, 0.25) is 0 Å². The van der Waals surface area contributed by atoms with E-state index < -0.39 is 10.5 Å². The number of aryl methyl sites for hydroxylation is 1. The van der Waals surface area contributed by atoms with Crippen molar-refractivity contribution in [1.29, 1.82) is 0 Å². The Bertz CT molecular complexity index is 416. The van der Waals surface area contributed by atoms with Gasteiger partial charge in [0, 0.05) is 6.07 Å². The molecule has 0 saturated heterocycles. The lowest BCUT2D eigenvalue weighted by Gasteiger charge is -2.28. The van der Waals surface area contributed by atoms with Crippen molar-refractivity contribution >= 4 is 11.5 Å². The number of hydrogen-bond donors (Lipinski definition) is 2. The highest BCUT2D eigenvalue weighted by atomic mass is 16.6. The second-order valence-corrected chi connectivity index (χ2v) is 4.31. The molecule has 1 rings (SSSR count). The van der Waals surface area contributed by atoms with E-state index in [0.29, 0.717) is 11.4 Å². The van der Waals surface area contributed by atoms with E-state index in [-0.39, 0.29) is 12.3 Å². The SMILES string of the molecule is CCC(C)(CO)Nc1ncc([N+](=O)[O-])cc1C. The number of anilines is 1. The number of nitro groups is 1. The lowest BCUT2D eigenvalue weighted by molar-refractivity contribution is -0.385. The number of aromatic nitrogens is 1. The Hall–Kier alpha value is -1.69. The first-order valence-corrected chi connectivity index (χ1v) is 5.42. The van der Waals surface area contributed by atoms with Gasteiger partial charge in [0.1, 0.15) is 12.0 Å². The van der Waals surface area contributed by atoms with Gasteiger partial charge in [0.25, 0.3) is 5.69 Å². The first kappa shape index (κ1) is 13.4. The van der Waals surface area contributed by atoms with Crippen molar-refractivity contribution in [3.05, 3.63) is 27.9 Å². The molecule has 6 heteroatoms. The van der Waals surface area contributed by atoms with Crippen molar-refractivity contribution in [3.8, 4) is 0 Å². The average molecular weight is 239 g/mol. The summed E-state index contributed by atoms with van der Waals surface area (Å²) in [5.74, 6) is 0.564. The standard InChI is InChI=1S/C11H17N3O3/c1-4-11(3,7-15)13-10-8(2)5-9(6-12-10)14(16)17/h5-6,15H,4,7H2,1-3H3,(H,12,13). The molecule has 0 aliphatic rings. The summed E-state index contributed by atoms with van der Waals surface area (Å²) in [7, 11) is 0. The highest BCUT2D eigenvalue weighted by molar-refractivity contribution is 5.49. The molecule has 1 aromatic rings. The summed E-state index contributed by atoms with van der Waals surface area (Å²) in [6.07, 6.45) is 1.93. The van der Waals surface area contributed by atoms with E-state index in [2.05, 4.69) is 10.3 Å². The van der Waals surface area contributed by atoms with Crippen LogP contribution in [0.4, 0.5) is 11.5 Å². The monoisotopic (exact) mass is 239 g/mol. The van der Waals surface area contributed by atoms with Crippen LogP contribution in [-0.2, 0) is 0 Å². The van der Waals surface area contributed by atoms with Gasteiger partial charge in [0.2, 0.25) is 0 Å². The van der Waals surface area contributed by atoms with Crippen LogP contribution in [0.25, 0.3) is 0 Å². The topological polar surface area (TPSA) is 88.3 Å². The van der Waals surface area contributed by atoms with Gasteiger partial charge in [-0.3, -0.25) is 10.1 Å². The van der Waals surface area contributed by atoms with Crippen LogP contribution in [0.3, 0.4) is 0 Å². The van der Waals surface area contributed by atoms with Gasteiger partial charge in [-0.15, -0.1) is 0 Å². The number of aliphatic hydroxyl groups excluding tert-OH is 1. The molecule has 0 saturated carbocycles. The Morgan fingerprint density at radius 1 is 1.65 bits per heavy atom. The van der Waals surface area contributed by atoms with Crippen LogP contribution in [0.1, 0.15) is 25.8 Å². The number of aliphatic hydroxyl groups is 1. The predicted molar refractivity (Wildman–Crippen MR) is 65.0 cm³/mol. The van der Waals surface area contributed by atoms with Gasteiger partial charge in [-0.05, 0) is 25.8 Å². The summed E-state index contributed by atoms with van der Waals surface area (Å²) in [5, 5.41) is 23.0. The summed E-state index contributed by atoms with van der Waals surface area (Å²) in [4.78, 5) is 14.1. The van der Waals surface area contributed by atoms with Crippen LogP contribution in [0.15, 0.2) is 12.3 Å². The van der Waals surface area contributed by atoms with Gasteiger partial charge in [-0.2, -0.15) is 0 Å². The van der Waals surface area contributed by atoms with Crippen LogP contribution in [-0.4, -0.2) is 27.2 Å². The van der Waals surface area contributed by atoms with Crippen molar-refractivity contribution < 1.29 is 10.0 Å². The molecule has 0 fully saturated rings. The minimum absolute atomic E-state index is 0.0262. The third-order valence-electron chi connectivity index (χ3n) is 2.82. The fraction of sp³-hybridized carbons (Fsp3) is 0.545. The number of nitrogens with one attached hydrogen (secondary N) is 1. The van der Waals surface area contributed by atoms with E-state index in [9.17, 15) is 15.2 Å². The lowest BCUT2D eigenvalue weighted by atomic mass is 10.00. The van der Waals surface area contributed by atoms with Crippen LogP contribution >= 0.6 is 0 Å². The molecule has 94 valence electrons. The smallest absolute Gasteiger partial charge is 0.287 e. The maximum Gasteiger partial charge on any atom is 0.287 e. The molecule has 0 aliphatic carbocycles.